The second kappa shape index (κ2) is 8.53. The van der Waals surface area contributed by atoms with Gasteiger partial charge in [0.15, 0.2) is 6.10 Å². The molecule has 0 radical (unpaired) electrons. The predicted molar refractivity (Wildman–Crippen MR) is 97.6 cm³/mol. The number of ether oxygens (including phenoxy) is 2. The van der Waals surface area contributed by atoms with Crippen LogP contribution in [0.15, 0.2) is 46.9 Å². The minimum Gasteiger partial charge on any atom is -0.496 e. The highest BCUT2D eigenvalue weighted by Gasteiger charge is 2.17. The second-order valence-electron chi connectivity index (χ2n) is 5.32. The summed E-state index contributed by atoms with van der Waals surface area (Å²) in [6.45, 7) is 3.50. The lowest BCUT2D eigenvalue weighted by Crippen LogP contribution is -2.47. The lowest BCUT2D eigenvalue weighted by molar-refractivity contribution is -0.128. The van der Waals surface area contributed by atoms with Crippen molar-refractivity contribution in [3.63, 3.8) is 0 Å². The number of hydrazine groups is 1. The number of para-hydroxylation sites is 1. The summed E-state index contributed by atoms with van der Waals surface area (Å²) in [4.78, 5) is 24.2. The number of benzene rings is 2. The summed E-state index contributed by atoms with van der Waals surface area (Å²) in [6, 6.07) is 12.3. The van der Waals surface area contributed by atoms with Crippen LogP contribution in [0.1, 0.15) is 22.8 Å². The third kappa shape index (κ3) is 4.96. The Morgan fingerprint density at radius 1 is 1.08 bits per heavy atom. The lowest BCUT2D eigenvalue weighted by atomic mass is 10.2. The van der Waals surface area contributed by atoms with Gasteiger partial charge in [-0.25, -0.2) is 0 Å². The summed E-state index contributed by atoms with van der Waals surface area (Å²) in [7, 11) is 1.54. The molecular weight excluding hydrogens is 388 g/mol. The average Bonchev–Trinajstić information content (AvgIpc) is 2.61. The van der Waals surface area contributed by atoms with Crippen LogP contribution in [0.2, 0.25) is 0 Å². The van der Waals surface area contributed by atoms with E-state index < -0.39 is 17.9 Å². The SMILES string of the molecule is COc1ccc(C(=O)NNC(=O)C(C)Oc2ccccc2C)cc1Br. The number of carbonyl (C=O) groups is 2. The molecule has 2 amide bonds. The third-order valence-electron chi connectivity index (χ3n) is 3.48. The molecule has 0 saturated heterocycles. The maximum absolute atomic E-state index is 12.1. The summed E-state index contributed by atoms with van der Waals surface area (Å²) in [6.07, 6.45) is -0.760. The van der Waals surface area contributed by atoms with Gasteiger partial charge in [-0.2, -0.15) is 0 Å². The van der Waals surface area contributed by atoms with Crippen molar-refractivity contribution < 1.29 is 19.1 Å². The minimum atomic E-state index is -0.760. The van der Waals surface area contributed by atoms with Crippen LogP contribution in [0.25, 0.3) is 0 Å². The molecule has 2 N–H and O–H groups in total. The van der Waals surface area contributed by atoms with Crippen LogP contribution in [0, 0.1) is 6.92 Å². The first kappa shape index (κ1) is 18.8. The van der Waals surface area contributed by atoms with E-state index in [1.165, 1.54) is 7.11 Å². The molecule has 2 aromatic carbocycles. The molecule has 1 atom stereocenters. The number of hydrogen-bond acceptors (Lipinski definition) is 4. The van der Waals surface area contributed by atoms with Crippen molar-refractivity contribution >= 4 is 27.7 Å². The smallest absolute Gasteiger partial charge is 0.279 e. The first-order valence-corrected chi connectivity index (χ1v) is 8.37. The van der Waals surface area contributed by atoms with Gasteiger partial charge in [0, 0.05) is 5.56 Å². The highest BCUT2D eigenvalue weighted by atomic mass is 79.9. The number of nitrogens with one attached hydrogen (secondary N) is 2. The molecule has 0 aliphatic rings. The van der Waals surface area contributed by atoms with E-state index in [-0.39, 0.29) is 0 Å². The van der Waals surface area contributed by atoms with Crippen LogP contribution in [0.3, 0.4) is 0 Å². The van der Waals surface area contributed by atoms with E-state index in [0.29, 0.717) is 21.5 Å². The number of amides is 2. The summed E-state index contributed by atoms with van der Waals surface area (Å²) in [5, 5.41) is 0. The molecule has 0 fully saturated rings. The van der Waals surface area contributed by atoms with Crippen LogP contribution in [-0.2, 0) is 4.79 Å². The van der Waals surface area contributed by atoms with E-state index in [2.05, 4.69) is 26.8 Å². The number of rotatable bonds is 5. The largest absolute Gasteiger partial charge is 0.496 e. The second-order valence-corrected chi connectivity index (χ2v) is 6.17. The molecule has 0 bridgehead atoms. The molecule has 0 spiro atoms. The zero-order valence-electron chi connectivity index (χ0n) is 14.1. The first-order chi connectivity index (χ1) is 11.9. The fourth-order valence-electron chi connectivity index (χ4n) is 2.03. The average molecular weight is 407 g/mol. The maximum Gasteiger partial charge on any atom is 0.279 e. The topological polar surface area (TPSA) is 76.7 Å². The molecule has 7 heteroatoms. The van der Waals surface area contributed by atoms with Gasteiger partial charge in [0.25, 0.3) is 11.8 Å². The van der Waals surface area contributed by atoms with Crippen molar-refractivity contribution in [2.75, 3.05) is 7.11 Å². The van der Waals surface area contributed by atoms with Crippen LogP contribution >= 0.6 is 15.9 Å². The third-order valence-corrected chi connectivity index (χ3v) is 4.10. The molecular formula is C18H19BrN2O4. The van der Waals surface area contributed by atoms with Crippen LogP contribution in [-0.4, -0.2) is 25.0 Å². The lowest BCUT2D eigenvalue weighted by Gasteiger charge is -2.16. The number of methoxy groups -OCH3 is 1. The number of aryl methyl sites for hydroxylation is 1. The van der Waals surface area contributed by atoms with Crippen LogP contribution < -0.4 is 20.3 Å². The van der Waals surface area contributed by atoms with Crippen LogP contribution in [0.5, 0.6) is 11.5 Å². The number of carbonyl (C=O) groups excluding carboxylic acids is 2. The molecule has 0 saturated carbocycles. The fourth-order valence-corrected chi connectivity index (χ4v) is 2.57. The normalized spacial score (nSPS) is 11.4. The molecule has 2 aromatic rings. The monoisotopic (exact) mass is 406 g/mol. The summed E-state index contributed by atoms with van der Waals surface area (Å²) in [5.74, 6) is 0.334. The molecule has 0 aliphatic heterocycles. The van der Waals surface area contributed by atoms with E-state index in [1.807, 2.05) is 25.1 Å². The van der Waals surface area contributed by atoms with Crippen molar-refractivity contribution in [2.45, 2.75) is 20.0 Å². The van der Waals surface area contributed by atoms with Gasteiger partial charge >= 0.3 is 0 Å². The van der Waals surface area contributed by atoms with Gasteiger partial charge < -0.3 is 9.47 Å². The van der Waals surface area contributed by atoms with E-state index in [4.69, 9.17) is 9.47 Å². The Labute approximate surface area is 154 Å². The molecule has 6 nitrogen and oxygen atoms in total. The van der Waals surface area contributed by atoms with Crippen molar-refractivity contribution in [1.82, 2.24) is 10.9 Å². The van der Waals surface area contributed by atoms with E-state index >= 15 is 0 Å². The Morgan fingerprint density at radius 3 is 2.44 bits per heavy atom. The zero-order chi connectivity index (χ0) is 18.4. The quantitative estimate of drug-likeness (QED) is 0.748. The predicted octanol–water partition coefficient (Wildman–Crippen LogP) is 2.99. The fraction of sp³-hybridized carbons (Fsp3) is 0.222. The highest BCUT2D eigenvalue weighted by molar-refractivity contribution is 9.10. The molecule has 0 aromatic heterocycles. The van der Waals surface area contributed by atoms with Crippen molar-refractivity contribution in [2.24, 2.45) is 0 Å². The van der Waals surface area contributed by atoms with E-state index in [9.17, 15) is 9.59 Å². The number of hydrogen-bond donors (Lipinski definition) is 2. The standard InChI is InChI=1S/C18H19BrN2O4/c1-11-6-4-5-7-15(11)25-12(2)17(22)20-21-18(23)13-8-9-16(24-3)14(19)10-13/h4-10,12H,1-3H3,(H,20,22)(H,21,23). The Balaban J connectivity index is 1.91. The van der Waals surface area contributed by atoms with Gasteiger partial charge in [-0.05, 0) is 59.6 Å². The molecule has 1 unspecified atom stereocenters. The van der Waals surface area contributed by atoms with E-state index in [1.54, 1.807) is 31.2 Å². The van der Waals surface area contributed by atoms with Crippen LogP contribution in [0.4, 0.5) is 0 Å². The van der Waals surface area contributed by atoms with Gasteiger partial charge in [0.05, 0.1) is 11.6 Å². The first-order valence-electron chi connectivity index (χ1n) is 7.58. The molecule has 0 aliphatic carbocycles. The summed E-state index contributed by atoms with van der Waals surface area (Å²) < 4.78 is 11.4. The molecule has 0 heterocycles. The van der Waals surface area contributed by atoms with Gasteiger partial charge in [0.1, 0.15) is 11.5 Å². The Bertz CT molecular complexity index is 779. The molecule has 25 heavy (non-hydrogen) atoms. The molecule has 2 rings (SSSR count). The highest BCUT2D eigenvalue weighted by Crippen LogP contribution is 2.25. The summed E-state index contributed by atoms with van der Waals surface area (Å²) in [5.41, 5.74) is 6.02. The Hall–Kier alpha value is -2.54. The minimum absolute atomic E-state index is 0.375. The van der Waals surface area contributed by atoms with E-state index in [0.717, 1.165) is 5.56 Å². The van der Waals surface area contributed by atoms with Gasteiger partial charge in [-0.3, -0.25) is 20.4 Å². The number of halogens is 1. The Kier molecular flexibility index (Phi) is 6.41. The van der Waals surface area contributed by atoms with Crippen molar-refractivity contribution in [3.8, 4) is 11.5 Å². The van der Waals surface area contributed by atoms with Gasteiger partial charge in [0.2, 0.25) is 0 Å². The molecule has 132 valence electrons. The maximum atomic E-state index is 12.1. The van der Waals surface area contributed by atoms with Gasteiger partial charge in [-0.1, -0.05) is 18.2 Å². The van der Waals surface area contributed by atoms with Crippen molar-refractivity contribution in [1.29, 1.82) is 0 Å². The zero-order valence-corrected chi connectivity index (χ0v) is 15.7. The van der Waals surface area contributed by atoms with Gasteiger partial charge in [-0.15, -0.1) is 0 Å². The van der Waals surface area contributed by atoms with Crippen molar-refractivity contribution in [3.05, 3.63) is 58.1 Å². The summed E-state index contributed by atoms with van der Waals surface area (Å²) >= 11 is 3.31. The Morgan fingerprint density at radius 2 is 1.80 bits per heavy atom.